The molecule has 0 bridgehead atoms. The summed E-state index contributed by atoms with van der Waals surface area (Å²) in [6, 6.07) is 11.7. The van der Waals surface area contributed by atoms with Crippen LogP contribution in [0.15, 0.2) is 42.5 Å². The van der Waals surface area contributed by atoms with E-state index in [1.54, 1.807) is 49.4 Å². The molecular weight excluding hydrogens is 242 g/mol. The van der Waals surface area contributed by atoms with Crippen LogP contribution in [0.5, 0.6) is 5.75 Å². The summed E-state index contributed by atoms with van der Waals surface area (Å²) < 4.78 is 5.21. The van der Waals surface area contributed by atoms with Gasteiger partial charge >= 0.3 is 5.97 Å². The maximum absolute atomic E-state index is 11.9. The van der Waals surface area contributed by atoms with Crippen molar-refractivity contribution in [2.45, 2.75) is 13.5 Å². The van der Waals surface area contributed by atoms with Crippen molar-refractivity contribution < 1.29 is 14.6 Å². The Morgan fingerprint density at radius 2 is 1.89 bits per heavy atom. The fourth-order valence-corrected chi connectivity index (χ4v) is 1.69. The van der Waals surface area contributed by atoms with E-state index in [0.29, 0.717) is 11.3 Å². The van der Waals surface area contributed by atoms with Gasteiger partial charge in [0.2, 0.25) is 0 Å². The minimum atomic E-state index is -0.405. The van der Waals surface area contributed by atoms with E-state index < -0.39 is 5.97 Å². The molecule has 3 N–H and O–H groups in total. The summed E-state index contributed by atoms with van der Waals surface area (Å²) in [5.41, 5.74) is 8.32. The largest absolute Gasteiger partial charge is 0.508 e. The highest BCUT2D eigenvalue weighted by Crippen LogP contribution is 2.17. The van der Waals surface area contributed by atoms with Crippen LogP contribution in [0.3, 0.4) is 0 Å². The number of carbonyl (C=O) groups excluding carboxylic acids is 1. The van der Waals surface area contributed by atoms with E-state index in [-0.39, 0.29) is 12.4 Å². The number of nitrogen functional groups attached to an aromatic ring is 1. The summed E-state index contributed by atoms with van der Waals surface area (Å²) in [7, 11) is 0. The Hall–Kier alpha value is -2.49. The van der Waals surface area contributed by atoms with Crippen molar-refractivity contribution in [1.82, 2.24) is 0 Å². The molecule has 0 atom stereocenters. The lowest BCUT2D eigenvalue weighted by Crippen LogP contribution is -2.08. The second kappa shape index (κ2) is 5.44. The van der Waals surface area contributed by atoms with Crippen molar-refractivity contribution in [1.29, 1.82) is 0 Å². The van der Waals surface area contributed by atoms with Crippen LogP contribution in [0, 0.1) is 6.92 Å². The van der Waals surface area contributed by atoms with Gasteiger partial charge in [-0.1, -0.05) is 18.2 Å². The second-order valence-electron chi connectivity index (χ2n) is 4.26. The molecule has 0 unspecified atom stereocenters. The van der Waals surface area contributed by atoms with Gasteiger partial charge in [0.05, 0.1) is 5.56 Å². The van der Waals surface area contributed by atoms with Crippen molar-refractivity contribution in [3.05, 3.63) is 59.2 Å². The maximum Gasteiger partial charge on any atom is 0.338 e. The molecule has 2 aromatic rings. The molecule has 4 heteroatoms. The van der Waals surface area contributed by atoms with Gasteiger partial charge < -0.3 is 15.6 Å². The Morgan fingerprint density at radius 1 is 1.21 bits per heavy atom. The van der Waals surface area contributed by atoms with Gasteiger partial charge in [0.15, 0.2) is 0 Å². The van der Waals surface area contributed by atoms with Gasteiger partial charge in [-0.3, -0.25) is 0 Å². The normalized spacial score (nSPS) is 10.2. The van der Waals surface area contributed by atoms with E-state index in [4.69, 9.17) is 15.6 Å². The Labute approximate surface area is 111 Å². The number of hydrogen-bond donors (Lipinski definition) is 2. The summed E-state index contributed by atoms with van der Waals surface area (Å²) in [6.45, 7) is 1.94. The number of ether oxygens (including phenoxy) is 1. The highest BCUT2D eigenvalue weighted by molar-refractivity contribution is 5.92. The number of hydrogen-bond acceptors (Lipinski definition) is 4. The lowest BCUT2D eigenvalue weighted by molar-refractivity contribution is 0.0472. The molecule has 98 valence electrons. The highest BCUT2D eigenvalue weighted by Gasteiger charge is 2.11. The third kappa shape index (κ3) is 3.04. The number of carbonyl (C=O) groups is 1. The number of nitrogens with two attached hydrogens (primary N) is 1. The minimum Gasteiger partial charge on any atom is -0.508 e. The van der Waals surface area contributed by atoms with Crippen molar-refractivity contribution >= 4 is 11.7 Å². The molecule has 0 spiro atoms. The van der Waals surface area contributed by atoms with Gasteiger partial charge in [0, 0.05) is 5.69 Å². The van der Waals surface area contributed by atoms with Gasteiger partial charge in [0.1, 0.15) is 12.4 Å². The molecule has 19 heavy (non-hydrogen) atoms. The third-order valence-corrected chi connectivity index (χ3v) is 2.90. The zero-order valence-corrected chi connectivity index (χ0v) is 10.6. The molecule has 0 saturated carbocycles. The number of anilines is 1. The average molecular weight is 257 g/mol. The van der Waals surface area contributed by atoms with E-state index in [0.717, 1.165) is 11.1 Å². The molecule has 0 saturated heterocycles. The summed E-state index contributed by atoms with van der Waals surface area (Å²) in [5, 5.41) is 9.16. The van der Waals surface area contributed by atoms with Crippen LogP contribution >= 0.6 is 0 Å². The van der Waals surface area contributed by atoms with Crippen LogP contribution in [0.25, 0.3) is 0 Å². The zero-order chi connectivity index (χ0) is 13.8. The lowest BCUT2D eigenvalue weighted by Gasteiger charge is -2.08. The van der Waals surface area contributed by atoms with Crippen molar-refractivity contribution in [3.8, 4) is 5.75 Å². The maximum atomic E-state index is 11.9. The SMILES string of the molecule is Cc1c(N)cccc1C(=O)OCc1ccc(O)cc1. The van der Waals surface area contributed by atoms with Crippen LogP contribution < -0.4 is 5.73 Å². The average Bonchev–Trinajstić information content (AvgIpc) is 2.41. The van der Waals surface area contributed by atoms with E-state index in [9.17, 15) is 4.79 Å². The fraction of sp³-hybridized carbons (Fsp3) is 0.133. The summed E-state index contributed by atoms with van der Waals surface area (Å²) in [6.07, 6.45) is 0. The quantitative estimate of drug-likeness (QED) is 0.655. The Balaban J connectivity index is 2.05. The Bertz CT molecular complexity index is 591. The topological polar surface area (TPSA) is 72.6 Å². The monoisotopic (exact) mass is 257 g/mol. The van der Waals surface area contributed by atoms with Crippen molar-refractivity contribution in [2.75, 3.05) is 5.73 Å². The van der Waals surface area contributed by atoms with Crippen LogP contribution in [-0.2, 0) is 11.3 Å². The number of esters is 1. The number of rotatable bonds is 3. The number of phenolic OH excluding ortho intramolecular Hbond substituents is 1. The first-order chi connectivity index (χ1) is 9.08. The highest BCUT2D eigenvalue weighted by atomic mass is 16.5. The zero-order valence-electron chi connectivity index (χ0n) is 10.6. The number of aromatic hydroxyl groups is 1. The Kier molecular flexibility index (Phi) is 3.71. The lowest BCUT2D eigenvalue weighted by atomic mass is 10.1. The first-order valence-corrected chi connectivity index (χ1v) is 5.88. The first kappa shape index (κ1) is 13.0. The van der Waals surface area contributed by atoms with Gasteiger partial charge in [-0.15, -0.1) is 0 Å². The molecule has 0 amide bonds. The van der Waals surface area contributed by atoms with E-state index >= 15 is 0 Å². The molecule has 2 aromatic carbocycles. The van der Waals surface area contributed by atoms with Gasteiger partial charge in [0.25, 0.3) is 0 Å². The molecule has 0 aromatic heterocycles. The molecule has 0 aliphatic carbocycles. The smallest absolute Gasteiger partial charge is 0.338 e. The third-order valence-electron chi connectivity index (χ3n) is 2.90. The van der Waals surface area contributed by atoms with Crippen molar-refractivity contribution in [3.63, 3.8) is 0 Å². The molecule has 0 heterocycles. The van der Waals surface area contributed by atoms with Crippen LogP contribution in [0.1, 0.15) is 21.5 Å². The summed E-state index contributed by atoms with van der Waals surface area (Å²) in [5.74, 6) is -0.223. The number of phenols is 1. The van der Waals surface area contributed by atoms with Crippen LogP contribution in [0.4, 0.5) is 5.69 Å². The Morgan fingerprint density at radius 3 is 2.58 bits per heavy atom. The minimum absolute atomic E-state index is 0.160. The molecule has 2 rings (SSSR count). The molecule has 0 radical (unpaired) electrons. The first-order valence-electron chi connectivity index (χ1n) is 5.88. The molecule has 0 aliphatic rings. The fourth-order valence-electron chi connectivity index (χ4n) is 1.69. The molecule has 0 fully saturated rings. The van der Waals surface area contributed by atoms with Crippen LogP contribution in [-0.4, -0.2) is 11.1 Å². The van der Waals surface area contributed by atoms with Gasteiger partial charge in [-0.25, -0.2) is 4.79 Å². The van der Waals surface area contributed by atoms with Gasteiger partial charge in [-0.2, -0.15) is 0 Å². The van der Waals surface area contributed by atoms with Crippen molar-refractivity contribution in [2.24, 2.45) is 0 Å². The summed E-state index contributed by atoms with van der Waals surface area (Å²) >= 11 is 0. The van der Waals surface area contributed by atoms with Gasteiger partial charge in [-0.05, 0) is 42.3 Å². The predicted octanol–water partition coefficient (Wildman–Crippen LogP) is 2.64. The molecule has 4 nitrogen and oxygen atoms in total. The molecule has 0 aliphatic heterocycles. The van der Waals surface area contributed by atoms with E-state index in [1.807, 2.05) is 0 Å². The second-order valence-corrected chi connectivity index (χ2v) is 4.26. The predicted molar refractivity (Wildman–Crippen MR) is 72.8 cm³/mol. The number of benzene rings is 2. The standard InChI is InChI=1S/C15H15NO3/c1-10-13(3-2-4-14(10)16)15(18)19-9-11-5-7-12(17)8-6-11/h2-8,17H,9,16H2,1H3. The van der Waals surface area contributed by atoms with E-state index in [1.165, 1.54) is 0 Å². The molecular formula is C15H15NO3. The van der Waals surface area contributed by atoms with Crippen LogP contribution in [0.2, 0.25) is 0 Å². The summed E-state index contributed by atoms with van der Waals surface area (Å²) in [4.78, 5) is 11.9. The van der Waals surface area contributed by atoms with E-state index in [2.05, 4.69) is 0 Å².